The molecular weight excluding hydrogens is 553 g/mol. The summed E-state index contributed by atoms with van der Waals surface area (Å²) in [5, 5.41) is 8.31. The van der Waals surface area contributed by atoms with E-state index >= 15 is 4.39 Å². The first kappa shape index (κ1) is 34.3. The molecule has 1 aromatic rings. The second-order valence-corrected chi connectivity index (χ2v) is 13.1. The summed E-state index contributed by atoms with van der Waals surface area (Å²) in [6.07, 6.45) is 5.16. The number of carbonyl (C=O) groups excluding carboxylic acids is 4. The molecule has 240 valence electrons. The zero-order chi connectivity index (χ0) is 31.8. The molecule has 1 aliphatic heterocycles. The Kier molecular flexibility index (Phi) is 12.0. The number of hydrogen-bond donors (Lipinski definition) is 3. The number of rotatable bonds is 9. The fourth-order valence-corrected chi connectivity index (χ4v) is 5.74. The van der Waals surface area contributed by atoms with Gasteiger partial charge in [-0.1, -0.05) is 38.7 Å². The number of ether oxygens (including phenoxy) is 1. The molecule has 4 amide bonds. The number of amides is 4. The molecule has 10 nitrogen and oxygen atoms in total. The molecule has 43 heavy (non-hydrogen) atoms. The van der Waals surface area contributed by atoms with Crippen LogP contribution in [0, 0.1) is 11.7 Å². The molecule has 0 spiro atoms. The highest BCUT2D eigenvalue weighted by molar-refractivity contribution is 6.00. The summed E-state index contributed by atoms with van der Waals surface area (Å²) in [4.78, 5) is 56.0. The van der Waals surface area contributed by atoms with Crippen molar-refractivity contribution in [3.05, 3.63) is 29.6 Å². The lowest BCUT2D eigenvalue weighted by molar-refractivity contribution is -0.137. The summed E-state index contributed by atoms with van der Waals surface area (Å²) < 4.78 is 20.9. The first-order chi connectivity index (χ1) is 20.2. The van der Waals surface area contributed by atoms with Crippen LogP contribution in [0.3, 0.4) is 0 Å². The number of nitrogens with one attached hydrogen (secondary N) is 3. The van der Waals surface area contributed by atoms with Crippen LogP contribution in [-0.4, -0.2) is 84.0 Å². The average Bonchev–Trinajstić information content (AvgIpc) is 3.23. The highest BCUT2D eigenvalue weighted by Crippen LogP contribution is 2.33. The van der Waals surface area contributed by atoms with Crippen LogP contribution in [0.1, 0.15) is 85.1 Å². The molecule has 1 saturated heterocycles. The Morgan fingerprint density at radius 1 is 1.00 bits per heavy atom. The topological polar surface area (TPSA) is 120 Å². The number of carbonyl (C=O) groups is 4. The fraction of sp³-hybridized carbons (Fsp3) is 0.688. The molecule has 2 aliphatic rings. The lowest BCUT2D eigenvalue weighted by Crippen LogP contribution is -2.60. The van der Waals surface area contributed by atoms with Gasteiger partial charge >= 0.3 is 6.09 Å². The van der Waals surface area contributed by atoms with E-state index in [1.165, 1.54) is 12.1 Å². The summed E-state index contributed by atoms with van der Waals surface area (Å²) in [7, 11) is 1.99. The van der Waals surface area contributed by atoms with Crippen molar-refractivity contribution in [1.29, 1.82) is 0 Å². The molecule has 1 aliphatic carbocycles. The lowest BCUT2D eigenvalue weighted by atomic mass is 9.79. The minimum atomic E-state index is -1.32. The van der Waals surface area contributed by atoms with Gasteiger partial charge in [-0.05, 0) is 71.2 Å². The summed E-state index contributed by atoms with van der Waals surface area (Å²) in [6, 6.07) is 3.56. The van der Waals surface area contributed by atoms with Gasteiger partial charge in [0.15, 0.2) is 0 Å². The van der Waals surface area contributed by atoms with E-state index in [2.05, 4.69) is 20.9 Å². The number of halogens is 1. The highest BCUT2D eigenvalue weighted by atomic mass is 19.1. The van der Waals surface area contributed by atoms with Gasteiger partial charge in [-0.25, -0.2) is 9.18 Å². The number of likely N-dealkylation sites (N-methyl/N-ethyl adjacent to an activating group) is 1. The molecule has 0 unspecified atom stereocenters. The van der Waals surface area contributed by atoms with Gasteiger partial charge in [-0.3, -0.25) is 14.4 Å². The van der Waals surface area contributed by atoms with E-state index in [9.17, 15) is 19.2 Å². The molecular formula is C32H50FN5O5. The van der Waals surface area contributed by atoms with Crippen molar-refractivity contribution < 1.29 is 28.3 Å². The normalized spacial score (nSPS) is 19.0. The lowest BCUT2D eigenvalue weighted by Gasteiger charge is -2.37. The third-order valence-corrected chi connectivity index (χ3v) is 8.39. The van der Waals surface area contributed by atoms with Crippen LogP contribution in [0.15, 0.2) is 18.2 Å². The van der Waals surface area contributed by atoms with Crippen LogP contribution in [0.5, 0.6) is 0 Å². The SMILES string of the molecule is CCC(=O)N[C@H](Cc1ccc(NC(=O)[C@](C)(NC(=O)OC(C)(C)C)C2CCCCCC2)c(F)c1)C(=O)N1CCN(C)CC1. The Morgan fingerprint density at radius 3 is 2.19 bits per heavy atom. The van der Waals surface area contributed by atoms with Crippen LogP contribution < -0.4 is 16.0 Å². The number of alkyl carbamates (subject to hydrolysis) is 1. The molecule has 2 atom stereocenters. The zero-order valence-electron chi connectivity index (χ0n) is 26.7. The maximum absolute atomic E-state index is 15.5. The predicted octanol–water partition coefficient (Wildman–Crippen LogP) is 4.23. The van der Waals surface area contributed by atoms with Crippen molar-refractivity contribution in [2.75, 3.05) is 38.5 Å². The first-order valence-corrected chi connectivity index (χ1v) is 15.6. The molecule has 0 bridgehead atoms. The van der Waals surface area contributed by atoms with E-state index < -0.39 is 35.0 Å². The van der Waals surface area contributed by atoms with Gasteiger partial charge in [0.05, 0.1) is 5.69 Å². The van der Waals surface area contributed by atoms with E-state index in [0.717, 1.165) is 51.6 Å². The summed E-state index contributed by atoms with van der Waals surface area (Å²) in [6.45, 7) is 11.3. The van der Waals surface area contributed by atoms with Crippen molar-refractivity contribution in [2.24, 2.45) is 5.92 Å². The Bertz CT molecular complexity index is 1140. The Hall–Kier alpha value is -3.21. The third kappa shape index (κ3) is 9.91. The van der Waals surface area contributed by atoms with E-state index in [0.29, 0.717) is 18.7 Å². The van der Waals surface area contributed by atoms with Crippen LogP contribution in [0.25, 0.3) is 0 Å². The van der Waals surface area contributed by atoms with Crippen LogP contribution in [0.4, 0.5) is 14.9 Å². The van der Waals surface area contributed by atoms with Gasteiger partial charge in [0.25, 0.3) is 0 Å². The molecule has 1 aromatic carbocycles. The van der Waals surface area contributed by atoms with Crippen molar-refractivity contribution in [1.82, 2.24) is 20.4 Å². The summed E-state index contributed by atoms with van der Waals surface area (Å²) >= 11 is 0. The monoisotopic (exact) mass is 603 g/mol. The largest absolute Gasteiger partial charge is 0.444 e. The number of anilines is 1. The second kappa shape index (κ2) is 15.0. The summed E-state index contributed by atoms with van der Waals surface area (Å²) in [5.41, 5.74) is -1.58. The number of benzene rings is 1. The van der Waals surface area contributed by atoms with Gasteiger partial charge in [0.1, 0.15) is 23.0 Å². The van der Waals surface area contributed by atoms with Crippen molar-refractivity contribution in [3.8, 4) is 0 Å². The Labute approximate surface area is 255 Å². The van der Waals surface area contributed by atoms with Gasteiger partial charge < -0.3 is 30.5 Å². The number of nitrogens with zero attached hydrogens (tertiary/aromatic N) is 2. The van der Waals surface area contributed by atoms with E-state index in [1.807, 2.05) is 7.05 Å². The molecule has 3 rings (SSSR count). The molecule has 0 aromatic heterocycles. The third-order valence-electron chi connectivity index (χ3n) is 8.39. The first-order valence-electron chi connectivity index (χ1n) is 15.6. The van der Waals surface area contributed by atoms with Crippen LogP contribution in [-0.2, 0) is 25.5 Å². The highest BCUT2D eigenvalue weighted by Gasteiger charge is 2.44. The number of piperazine rings is 1. The quantitative estimate of drug-likeness (QED) is 0.364. The van der Waals surface area contributed by atoms with Gasteiger partial charge in [-0.2, -0.15) is 0 Å². The zero-order valence-corrected chi connectivity index (χ0v) is 26.7. The van der Waals surface area contributed by atoms with E-state index in [-0.39, 0.29) is 36.3 Å². The van der Waals surface area contributed by atoms with E-state index in [1.54, 1.807) is 45.6 Å². The molecule has 0 radical (unpaired) electrons. The maximum atomic E-state index is 15.5. The van der Waals surface area contributed by atoms with Gasteiger partial charge in [0.2, 0.25) is 17.7 Å². The number of hydrogen-bond acceptors (Lipinski definition) is 6. The average molecular weight is 604 g/mol. The van der Waals surface area contributed by atoms with Crippen molar-refractivity contribution in [2.45, 2.75) is 103 Å². The Balaban J connectivity index is 1.78. The van der Waals surface area contributed by atoms with E-state index in [4.69, 9.17) is 4.74 Å². The fourth-order valence-electron chi connectivity index (χ4n) is 5.74. The molecule has 1 saturated carbocycles. The maximum Gasteiger partial charge on any atom is 0.408 e. The molecule has 1 heterocycles. The van der Waals surface area contributed by atoms with Gasteiger partial charge in [0, 0.05) is 39.0 Å². The second-order valence-electron chi connectivity index (χ2n) is 13.1. The molecule has 3 N–H and O–H groups in total. The molecule has 11 heteroatoms. The van der Waals surface area contributed by atoms with Crippen molar-refractivity contribution in [3.63, 3.8) is 0 Å². The van der Waals surface area contributed by atoms with Crippen LogP contribution in [0.2, 0.25) is 0 Å². The van der Waals surface area contributed by atoms with Crippen molar-refractivity contribution >= 4 is 29.5 Å². The minimum Gasteiger partial charge on any atom is -0.444 e. The summed E-state index contributed by atoms with van der Waals surface area (Å²) in [5.74, 6) is -1.78. The van der Waals surface area contributed by atoms with Crippen LogP contribution >= 0.6 is 0 Å². The smallest absolute Gasteiger partial charge is 0.408 e. The van der Waals surface area contributed by atoms with Gasteiger partial charge in [-0.15, -0.1) is 0 Å². The predicted molar refractivity (Wildman–Crippen MR) is 164 cm³/mol. The Morgan fingerprint density at radius 2 is 1.63 bits per heavy atom. The standard InChI is InChI=1S/C32H50FN5O5/c1-7-27(39)34-26(28(40)38-18-16-37(6)17-19-38)21-22-14-15-25(24(33)20-22)35-29(41)32(5,23-12-10-8-9-11-13-23)36-30(42)43-31(2,3)4/h14-15,20,23,26H,7-13,16-19,21H2,1-6H3,(H,34,39)(H,35,41)(H,36,42)/t26-,32-/m1/s1. The minimum absolute atomic E-state index is 0.0286. The molecule has 2 fully saturated rings.